The Morgan fingerprint density at radius 1 is 1.47 bits per heavy atom. The number of halogens is 1. The van der Waals surface area contributed by atoms with Gasteiger partial charge >= 0.3 is 6.09 Å². The van der Waals surface area contributed by atoms with Crippen molar-refractivity contribution >= 4 is 33.9 Å². The van der Waals surface area contributed by atoms with Crippen LogP contribution in [0.4, 0.5) is 4.79 Å². The second-order valence-electron chi connectivity index (χ2n) is 3.65. The fourth-order valence-electron chi connectivity index (χ4n) is 1.14. The van der Waals surface area contributed by atoms with Crippen molar-refractivity contribution < 1.29 is 18.3 Å². The molecule has 104 valence electrons. The van der Waals surface area contributed by atoms with E-state index in [0.29, 0.717) is 5.56 Å². The molecular formula is C10H12ClN3O4S. The molecular weight excluding hydrogens is 294 g/mol. The Kier molecular flexibility index (Phi) is 4.87. The Morgan fingerprint density at radius 2 is 2.11 bits per heavy atom. The van der Waals surface area contributed by atoms with E-state index in [4.69, 9.17) is 16.7 Å². The van der Waals surface area contributed by atoms with Gasteiger partial charge in [-0.1, -0.05) is 17.7 Å². The molecule has 0 aliphatic carbocycles. The van der Waals surface area contributed by atoms with E-state index >= 15 is 0 Å². The molecule has 19 heavy (non-hydrogen) atoms. The standard InChI is InChI=1S/C10H12ClN3O4S/c1-14(2)19(17,18)8-4-3-7(9(11)5-8)6-12-13-10(15)16/h3-6,13H,1-2H3,(H,15,16). The van der Waals surface area contributed by atoms with Crippen LogP contribution in [0.1, 0.15) is 5.56 Å². The van der Waals surface area contributed by atoms with E-state index < -0.39 is 16.1 Å². The van der Waals surface area contributed by atoms with Crippen molar-refractivity contribution in [1.29, 1.82) is 0 Å². The van der Waals surface area contributed by atoms with Crippen LogP contribution in [0.2, 0.25) is 5.02 Å². The summed E-state index contributed by atoms with van der Waals surface area (Å²) < 4.78 is 24.8. The molecule has 0 aromatic heterocycles. The van der Waals surface area contributed by atoms with Crippen LogP contribution in [0.15, 0.2) is 28.2 Å². The normalized spacial score (nSPS) is 12.0. The van der Waals surface area contributed by atoms with E-state index in [9.17, 15) is 13.2 Å². The quantitative estimate of drug-likeness (QED) is 0.644. The lowest BCUT2D eigenvalue weighted by atomic mass is 10.2. The van der Waals surface area contributed by atoms with Crippen molar-refractivity contribution in [3.63, 3.8) is 0 Å². The molecule has 1 rings (SSSR count). The maximum atomic E-state index is 11.8. The number of nitrogens with zero attached hydrogens (tertiary/aromatic N) is 2. The number of carboxylic acid groups (broad SMARTS) is 1. The molecule has 1 aromatic rings. The Labute approximate surface area is 115 Å². The average molecular weight is 306 g/mol. The van der Waals surface area contributed by atoms with Gasteiger partial charge in [-0.3, -0.25) is 0 Å². The zero-order valence-corrected chi connectivity index (χ0v) is 11.7. The molecule has 0 aliphatic heterocycles. The summed E-state index contributed by atoms with van der Waals surface area (Å²) in [6, 6.07) is 4.08. The Balaban J connectivity index is 3.05. The molecule has 7 nitrogen and oxygen atoms in total. The van der Waals surface area contributed by atoms with Crippen molar-refractivity contribution in [2.75, 3.05) is 14.1 Å². The third-order valence-corrected chi connectivity index (χ3v) is 4.25. The van der Waals surface area contributed by atoms with Crippen LogP contribution in [0, 0.1) is 0 Å². The fraction of sp³-hybridized carbons (Fsp3) is 0.200. The van der Waals surface area contributed by atoms with Gasteiger partial charge in [0.25, 0.3) is 0 Å². The summed E-state index contributed by atoms with van der Waals surface area (Å²) in [5.41, 5.74) is 2.18. The van der Waals surface area contributed by atoms with Gasteiger partial charge in [0.05, 0.1) is 16.1 Å². The number of carbonyl (C=O) groups is 1. The molecule has 1 aromatic carbocycles. The number of hydrazone groups is 1. The molecule has 0 spiro atoms. The molecule has 2 N–H and O–H groups in total. The highest BCUT2D eigenvalue weighted by atomic mass is 35.5. The van der Waals surface area contributed by atoms with Gasteiger partial charge in [0.1, 0.15) is 0 Å². The zero-order valence-electron chi connectivity index (χ0n) is 10.2. The smallest absolute Gasteiger partial charge is 0.425 e. The summed E-state index contributed by atoms with van der Waals surface area (Å²) >= 11 is 5.91. The predicted molar refractivity (Wildman–Crippen MR) is 71.1 cm³/mol. The van der Waals surface area contributed by atoms with E-state index in [1.807, 2.05) is 0 Å². The first-order chi connectivity index (χ1) is 8.75. The van der Waals surface area contributed by atoms with E-state index in [1.165, 1.54) is 38.5 Å². The molecule has 0 fully saturated rings. The van der Waals surface area contributed by atoms with Crippen LogP contribution >= 0.6 is 11.6 Å². The van der Waals surface area contributed by atoms with Crippen LogP contribution in [0.5, 0.6) is 0 Å². The monoisotopic (exact) mass is 305 g/mol. The number of hydrogen-bond donors (Lipinski definition) is 2. The third kappa shape index (κ3) is 3.91. The van der Waals surface area contributed by atoms with Crippen LogP contribution in [0.3, 0.4) is 0 Å². The summed E-state index contributed by atoms with van der Waals surface area (Å²) in [5, 5.41) is 11.9. The minimum absolute atomic E-state index is 0.0471. The first-order valence-electron chi connectivity index (χ1n) is 4.99. The highest BCUT2D eigenvalue weighted by Gasteiger charge is 2.17. The van der Waals surface area contributed by atoms with Gasteiger partial charge in [-0.15, -0.1) is 0 Å². The molecule has 0 aliphatic rings. The van der Waals surface area contributed by atoms with Gasteiger partial charge in [0.2, 0.25) is 10.0 Å². The topological polar surface area (TPSA) is 99.1 Å². The van der Waals surface area contributed by atoms with E-state index in [1.54, 1.807) is 5.43 Å². The predicted octanol–water partition coefficient (Wildman–Crippen LogP) is 1.19. The summed E-state index contributed by atoms with van der Waals surface area (Å²) in [4.78, 5) is 10.2. The second-order valence-corrected chi connectivity index (χ2v) is 6.20. The van der Waals surface area contributed by atoms with Crippen LogP contribution < -0.4 is 5.43 Å². The zero-order chi connectivity index (χ0) is 14.6. The first kappa shape index (κ1) is 15.4. The lowest BCUT2D eigenvalue weighted by Gasteiger charge is -2.11. The maximum Gasteiger partial charge on any atom is 0.425 e. The van der Waals surface area contributed by atoms with Gasteiger partial charge < -0.3 is 5.11 Å². The molecule has 9 heteroatoms. The average Bonchev–Trinajstić information content (AvgIpc) is 2.30. The molecule has 0 heterocycles. The Hall–Kier alpha value is -1.64. The molecule has 0 bridgehead atoms. The summed E-state index contributed by atoms with van der Waals surface area (Å²) in [5.74, 6) is 0. The molecule has 0 saturated carbocycles. The number of hydrogen-bond acceptors (Lipinski definition) is 4. The maximum absolute atomic E-state index is 11.8. The van der Waals surface area contributed by atoms with Gasteiger partial charge in [-0.05, 0) is 12.1 Å². The first-order valence-corrected chi connectivity index (χ1v) is 6.81. The highest BCUT2D eigenvalue weighted by molar-refractivity contribution is 7.89. The van der Waals surface area contributed by atoms with Crippen molar-refractivity contribution in [2.24, 2.45) is 5.10 Å². The minimum atomic E-state index is -3.56. The Bertz CT molecular complexity index is 613. The number of amides is 1. The van der Waals surface area contributed by atoms with Gasteiger partial charge in [0.15, 0.2) is 0 Å². The Morgan fingerprint density at radius 3 is 2.58 bits per heavy atom. The van der Waals surface area contributed by atoms with Crippen molar-refractivity contribution in [3.05, 3.63) is 28.8 Å². The molecule has 1 amide bonds. The van der Waals surface area contributed by atoms with E-state index in [2.05, 4.69) is 5.10 Å². The van der Waals surface area contributed by atoms with Crippen LogP contribution in [-0.4, -0.2) is 44.2 Å². The van der Waals surface area contributed by atoms with Crippen molar-refractivity contribution in [2.45, 2.75) is 4.90 Å². The molecule has 0 unspecified atom stereocenters. The lowest BCUT2D eigenvalue weighted by molar-refractivity contribution is 0.195. The summed E-state index contributed by atoms with van der Waals surface area (Å²) in [6.07, 6.45) is -0.123. The lowest BCUT2D eigenvalue weighted by Crippen LogP contribution is -2.22. The number of benzene rings is 1. The molecule has 0 saturated heterocycles. The van der Waals surface area contributed by atoms with E-state index in [0.717, 1.165) is 4.31 Å². The minimum Gasteiger partial charge on any atom is -0.464 e. The number of nitrogens with one attached hydrogen (secondary N) is 1. The SMILES string of the molecule is CN(C)S(=O)(=O)c1ccc(C=NNC(=O)O)c(Cl)c1. The second kappa shape index (κ2) is 6.00. The highest BCUT2D eigenvalue weighted by Crippen LogP contribution is 2.21. The van der Waals surface area contributed by atoms with Gasteiger partial charge in [-0.25, -0.2) is 22.9 Å². The van der Waals surface area contributed by atoms with Crippen molar-refractivity contribution in [1.82, 2.24) is 9.73 Å². The van der Waals surface area contributed by atoms with Crippen LogP contribution in [0.25, 0.3) is 0 Å². The largest absolute Gasteiger partial charge is 0.464 e. The fourth-order valence-corrected chi connectivity index (χ4v) is 2.36. The van der Waals surface area contributed by atoms with Gasteiger partial charge in [-0.2, -0.15) is 5.10 Å². The van der Waals surface area contributed by atoms with E-state index in [-0.39, 0.29) is 9.92 Å². The summed E-state index contributed by atoms with van der Waals surface area (Å²) in [6.45, 7) is 0. The molecule has 0 atom stereocenters. The van der Waals surface area contributed by atoms with Crippen molar-refractivity contribution in [3.8, 4) is 0 Å². The number of rotatable bonds is 4. The summed E-state index contributed by atoms with van der Waals surface area (Å²) in [7, 11) is -0.731. The molecule has 0 radical (unpaired) electrons. The number of sulfonamides is 1. The van der Waals surface area contributed by atoms with Crippen LogP contribution in [-0.2, 0) is 10.0 Å². The van der Waals surface area contributed by atoms with Gasteiger partial charge in [0, 0.05) is 19.7 Å². The third-order valence-electron chi connectivity index (χ3n) is 2.11.